The maximum absolute atomic E-state index is 13.9. The highest BCUT2D eigenvalue weighted by atomic mass is 19.1. The Hall–Kier alpha value is -1.00. The first kappa shape index (κ1) is 14.0. The van der Waals surface area contributed by atoms with Gasteiger partial charge in [0, 0.05) is 18.2 Å². The van der Waals surface area contributed by atoms with Gasteiger partial charge < -0.3 is 10.5 Å². The van der Waals surface area contributed by atoms with Crippen LogP contribution in [0.4, 0.5) is 8.78 Å². The number of rotatable bonds is 2. The van der Waals surface area contributed by atoms with Crippen LogP contribution in [-0.2, 0) is 4.74 Å². The Morgan fingerprint density at radius 1 is 1.25 bits per heavy atom. The van der Waals surface area contributed by atoms with Crippen molar-refractivity contribution in [1.82, 2.24) is 0 Å². The number of hydrogen-bond donors (Lipinski definition) is 1. The predicted molar refractivity (Wildman–Crippen MR) is 73.2 cm³/mol. The molecule has 0 bridgehead atoms. The van der Waals surface area contributed by atoms with Gasteiger partial charge in [-0.2, -0.15) is 0 Å². The maximum atomic E-state index is 13.9. The summed E-state index contributed by atoms with van der Waals surface area (Å²) in [5.41, 5.74) is 6.47. The molecule has 3 rings (SSSR count). The Bertz CT molecular complexity index is 485. The van der Waals surface area contributed by atoms with Crippen molar-refractivity contribution in [3.63, 3.8) is 0 Å². The summed E-state index contributed by atoms with van der Waals surface area (Å²) in [6.07, 6.45) is 6.21. The zero-order valence-electron chi connectivity index (χ0n) is 11.6. The fourth-order valence-electron chi connectivity index (χ4n) is 3.76. The van der Waals surface area contributed by atoms with E-state index < -0.39 is 17.7 Å². The van der Waals surface area contributed by atoms with Crippen molar-refractivity contribution in [1.29, 1.82) is 0 Å². The third kappa shape index (κ3) is 2.59. The molecule has 1 aromatic carbocycles. The Morgan fingerprint density at radius 3 is 2.75 bits per heavy atom. The van der Waals surface area contributed by atoms with Crippen LogP contribution >= 0.6 is 0 Å². The second-order valence-electron chi connectivity index (χ2n) is 6.18. The maximum Gasteiger partial charge on any atom is 0.128 e. The first-order chi connectivity index (χ1) is 9.60. The molecule has 0 aromatic heterocycles. The van der Waals surface area contributed by atoms with Gasteiger partial charge in [0.15, 0.2) is 0 Å². The molecule has 1 aliphatic heterocycles. The minimum atomic E-state index is -0.452. The monoisotopic (exact) mass is 281 g/mol. The van der Waals surface area contributed by atoms with E-state index in [1.54, 1.807) is 0 Å². The molecule has 1 heterocycles. The van der Waals surface area contributed by atoms with Crippen LogP contribution in [0.1, 0.15) is 50.1 Å². The van der Waals surface area contributed by atoms with Crippen molar-refractivity contribution in [2.45, 2.75) is 50.2 Å². The highest BCUT2D eigenvalue weighted by Crippen LogP contribution is 2.45. The van der Waals surface area contributed by atoms with E-state index in [1.807, 2.05) is 0 Å². The number of halogens is 2. The van der Waals surface area contributed by atoms with Crippen LogP contribution in [0.2, 0.25) is 0 Å². The largest absolute Gasteiger partial charge is 0.375 e. The summed E-state index contributed by atoms with van der Waals surface area (Å²) in [4.78, 5) is 0. The van der Waals surface area contributed by atoms with Crippen LogP contribution in [0.3, 0.4) is 0 Å². The lowest BCUT2D eigenvalue weighted by molar-refractivity contribution is -0.0965. The molecular weight excluding hydrogens is 260 g/mol. The summed E-state index contributed by atoms with van der Waals surface area (Å²) in [6.45, 7) is 0.676. The summed E-state index contributed by atoms with van der Waals surface area (Å²) >= 11 is 0. The molecule has 4 heteroatoms. The molecule has 20 heavy (non-hydrogen) atoms. The molecule has 2 nitrogen and oxygen atoms in total. The molecule has 1 aliphatic carbocycles. The van der Waals surface area contributed by atoms with Gasteiger partial charge in [0.05, 0.1) is 5.60 Å². The molecule has 2 fully saturated rings. The van der Waals surface area contributed by atoms with E-state index >= 15 is 0 Å². The zero-order chi connectivity index (χ0) is 14.2. The molecule has 1 saturated heterocycles. The average Bonchev–Trinajstić information content (AvgIpc) is 2.88. The van der Waals surface area contributed by atoms with E-state index in [2.05, 4.69) is 0 Å². The van der Waals surface area contributed by atoms with Crippen molar-refractivity contribution in [3.05, 3.63) is 35.4 Å². The first-order valence-corrected chi connectivity index (χ1v) is 7.44. The van der Waals surface area contributed by atoms with Crippen LogP contribution in [0.25, 0.3) is 0 Å². The van der Waals surface area contributed by atoms with E-state index in [1.165, 1.54) is 18.9 Å². The number of nitrogens with two attached hydrogens (primary N) is 1. The molecule has 2 aliphatic rings. The smallest absolute Gasteiger partial charge is 0.128 e. The van der Waals surface area contributed by atoms with E-state index in [-0.39, 0.29) is 11.5 Å². The van der Waals surface area contributed by atoms with Crippen LogP contribution < -0.4 is 5.73 Å². The third-order valence-electron chi connectivity index (χ3n) is 4.87. The topological polar surface area (TPSA) is 35.2 Å². The molecule has 1 saturated carbocycles. The lowest BCUT2D eigenvalue weighted by atomic mass is 9.79. The molecule has 2 unspecified atom stereocenters. The summed E-state index contributed by atoms with van der Waals surface area (Å²) in [5, 5.41) is 0. The van der Waals surface area contributed by atoms with Crippen LogP contribution in [0, 0.1) is 17.6 Å². The van der Waals surface area contributed by atoms with E-state index in [4.69, 9.17) is 10.5 Å². The molecule has 1 aromatic rings. The highest BCUT2D eigenvalue weighted by Gasteiger charge is 2.41. The van der Waals surface area contributed by atoms with Crippen molar-refractivity contribution in [3.8, 4) is 0 Å². The van der Waals surface area contributed by atoms with Gasteiger partial charge in [-0.3, -0.25) is 0 Å². The third-order valence-corrected chi connectivity index (χ3v) is 4.87. The zero-order valence-corrected chi connectivity index (χ0v) is 11.6. The highest BCUT2D eigenvalue weighted by molar-refractivity contribution is 5.23. The minimum Gasteiger partial charge on any atom is -0.375 e. The fraction of sp³-hybridized carbons (Fsp3) is 0.625. The summed E-state index contributed by atoms with van der Waals surface area (Å²) in [7, 11) is 0. The van der Waals surface area contributed by atoms with Crippen LogP contribution in [-0.4, -0.2) is 12.2 Å². The average molecular weight is 281 g/mol. The number of ether oxygens (including phenoxy) is 1. The second kappa shape index (κ2) is 5.41. The van der Waals surface area contributed by atoms with Gasteiger partial charge in [-0.05, 0) is 49.8 Å². The van der Waals surface area contributed by atoms with Crippen LogP contribution in [0.15, 0.2) is 18.2 Å². The van der Waals surface area contributed by atoms with Crippen molar-refractivity contribution in [2.75, 3.05) is 6.61 Å². The Kier molecular flexibility index (Phi) is 3.78. The summed E-state index contributed by atoms with van der Waals surface area (Å²) in [5.74, 6) is -0.677. The van der Waals surface area contributed by atoms with Gasteiger partial charge in [0.25, 0.3) is 0 Å². The van der Waals surface area contributed by atoms with E-state index in [0.717, 1.165) is 37.8 Å². The minimum absolute atomic E-state index is 0.0513. The van der Waals surface area contributed by atoms with Gasteiger partial charge in [0.1, 0.15) is 11.6 Å². The Morgan fingerprint density at radius 2 is 2.00 bits per heavy atom. The fourth-order valence-corrected chi connectivity index (χ4v) is 3.76. The lowest BCUT2D eigenvalue weighted by Crippen LogP contribution is -2.40. The van der Waals surface area contributed by atoms with Crippen LogP contribution in [0.5, 0.6) is 0 Å². The quantitative estimate of drug-likeness (QED) is 0.897. The first-order valence-electron chi connectivity index (χ1n) is 7.44. The van der Waals surface area contributed by atoms with Gasteiger partial charge in [-0.25, -0.2) is 8.78 Å². The number of hydrogen-bond acceptors (Lipinski definition) is 2. The predicted octanol–water partition coefficient (Wildman–Crippen LogP) is 3.70. The van der Waals surface area contributed by atoms with Crippen molar-refractivity contribution in [2.24, 2.45) is 11.7 Å². The van der Waals surface area contributed by atoms with E-state index in [9.17, 15) is 8.78 Å². The van der Waals surface area contributed by atoms with E-state index in [0.29, 0.717) is 12.2 Å². The van der Waals surface area contributed by atoms with Gasteiger partial charge >= 0.3 is 0 Å². The Labute approximate surface area is 118 Å². The van der Waals surface area contributed by atoms with Gasteiger partial charge in [0.2, 0.25) is 0 Å². The second-order valence-corrected chi connectivity index (χ2v) is 6.18. The molecule has 110 valence electrons. The lowest BCUT2D eigenvalue weighted by Gasteiger charge is -2.40. The van der Waals surface area contributed by atoms with Crippen molar-refractivity contribution >= 4 is 0 Å². The molecule has 2 N–H and O–H groups in total. The summed E-state index contributed by atoms with van der Waals surface area (Å²) < 4.78 is 33.2. The molecular formula is C16H21F2NO. The Balaban J connectivity index is 1.79. The molecule has 0 amide bonds. The normalized spacial score (nSPS) is 26.9. The van der Waals surface area contributed by atoms with Crippen molar-refractivity contribution < 1.29 is 13.5 Å². The molecule has 2 atom stereocenters. The van der Waals surface area contributed by atoms with Gasteiger partial charge in [-0.15, -0.1) is 0 Å². The standard InChI is InChI=1S/C16H21F2NO/c17-12-3-4-14(18)13(9-12)15(19)11-5-8-20-16(10-11)6-1-2-7-16/h3-4,9,11,15H,1-2,5-8,10,19H2. The SMILES string of the molecule is NC(c1cc(F)ccc1F)C1CCOC2(CCCC2)C1. The molecule has 0 radical (unpaired) electrons. The molecule has 1 spiro atoms. The van der Waals surface area contributed by atoms with Gasteiger partial charge in [-0.1, -0.05) is 12.8 Å². The number of benzene rings is 1. The summed E-state index contributed by atoms with van der Waals surface area (Å²) in [6, 6.07) is 3.08.